The minimum atomic E-state index is 0. The third-order valence-corrected chi connectivity index (χ3v) is 0. The number of halogens is 2. The molecule has 0 spiro atoms. The van der Waals surface area contributed by atoms with E-state index < -0.39 is 0 Å². The molecule has 0 atom stereocenters. The fourth-order valence-corrected chi connectivity index (χ4v) is 0. The molecule has 0 bridgehead atoms. The first-order valence-electron chi connectivity index (χ1n) is 0. The van der Waals surface area contributed by atoms with Gasteiger partial charge in [0.25, 0.3) is 0 Å². The van der Waals surface area contributed by atoms with Crippen molar-refractivity contribution in [3.8, 4) is 0 Å². The van der Waals surface area contributed by atoms with Crippen molar-refractivity contribution >= 4 is 173 Å². The Morgan fingerprint density at radius 1 is 0.154 bits per heavy atom. The molecule has 0 unspecified atom stereocenters. The van der Waals surface area contributed by atoms with Crippen LogP contribution in [0.4, 0.5) is 0 Å². The first-order chi connectivity index (χ1) is 0. The van der Waals surface area contributed by atoms with E-state index in [1.54, 1.807) is 0 Å². The van der Waals surface area contributed by atoms with E-state index in [0.717, 1.165) is 0 Å². The maximum atomic E-state index is 0. The summed E-state index contributed by atoms with van der Waals surface area (Å²) in [5, 5.41) is 0. The van der Waals surface area contributed by atoms with Gasteiger partial charge in [-0.15, -0.1) is 0 Å². The summed E-state index contributed by atoms with van der Waals surface area (Å²) in [7, 11) is 0. The van der Waals surface area contributed by atoms with E-state index in [2.05, 4.69) is 0 Å². The van der Waals surface area contributed by atoms with Crippen molar-refractivity contribution in [1.82, 2.24) is 0 Å². The molecule has 0 rings (SSSR count). The molecule has 16 nitrogen and oxygen atoms in total. The Balaban J connectivity index is 0. The van der Waals surface area contributed by atoms with Crippen LogP contribution in [-0.4, -0.2) is 261 Å². The second-order valence-corrected chi connectivity index (χ2v) is 0. The van der Waals surface area contributed by atoms with E-state index in [1.165, 1.54) is 0 Å². The number of hydrogen-bond acceptors (Lipinski definition) is 16. The summed E-state index contributed by atoms with van der Waals surface area (Å²) in [4.78, 5) is 0. The molecular formula is H16Al2Cl2Mg6O16. The van der Waals surface area contributed by atoms with Crippen molar-refractivity contribution in [1.29, 1.82) is 0 Å². The first kappa shape index (κ1) is 943. The zero-order valence-corrected chi connectivity index (χ0v) is 25.6. The molecule has 26 heavy (non-hydrogen) atoms. The third kappa shape index (κ3) is 772. The van der Waals surface area contributed by atoms with E-state index in [9.17, 15) is 0 Å². The van der Waals surface area contributed by atoms with E-state index in [-0.39, 0.29) is 285 Å². The van der Waals surface area contributed by atoms with Gasteiger partial charge < -0.3 is 112 Å². The molecule has 0 aliphatic heterocycles. The van der Waals surface area contributed by atoms with Crippen LogP contribution in [0.2, 0.25) is 0 Å². The summed E-state index contributed by atoms with van der Waals surface area (Å²) >= 11 is 0. The standard InChI is InChI=1S/2Al.2ClH.6Mg.16H2O/h;;2*1H;;;;;;;16*1H2/q2*+3;;;6*+2;;;;;;;;;;;;;;;;/p-18. The van der Waals surface area contributed by atoms with Gasteiger partial charge in [0.2, 0.25) is 0 Å². The van der Waals surface area contributed by atoms with Crippen molar-refractivity contribution in [2.24, 2.45) is 0 Å². The van der Waals surface area contributed by atoms with Crippen LogP contribution in [0.15, 0.2) is 0 Å². The molecule has 0 saturated heterocycles. The summed E-state index contributed by atoms with van der Waals surface area (Å²) in [5.74, 6) is 0. The predicted octanol–water partition coefficient (Wildman–Crippen LogP) is -11.9. The average Bonchev–Trinajstić information content (AvgIpc) is 0. The molecule has 0 aliphatic carbocycles. The van der Waals surface area contributed by atoms with Crippen LogP contribution in [0.5, 0.6) is 0 Å². The molecule has 0 aromatic heterocycles. The van der Waals surface area contributed by atoms with Gasteiger partial charge in [0.05, 0.1) is 0 Å². The molecule has 0 aromatic carbocycles. The van der Waals surface area contributed by atoms with Gasteiger partial charge in [-0.25, -0.2) is 0 Å². The zero-order valence-electron chi connectivity index (χ0n) is 13.3. The Morgan fingerprint density at radius 3 is 0.154 bits per heavy atom. The van der Waals surface area contributed by atoms with E-state index >= 15 is 0 Å². The van der Waals surface area contributed by atoms with Gasteiger partial charge in [0.15, 0.2) is 0 Å². The first-order valence-corrected chi connectivity index (χ1v) is 0. The van der Waals surface area contributed by atoms with Crippen LogP contribution in [0, 0.1) is 0 Å². The van der Waals surface area contributed by atoms with Gasteiger partial charge in [-0.05, 0) is 0 Å². The summed E-state index contributed by atoms with van der Waals surface area (Å²) < 4.78 is 0. The summed E-state index contributed by atoms with van der Waals surface area (Å²) in [6.07, 6.45) is 0. The monoisotopic (exact) mass is 540 g/mol. The Labute approximate surface area is 281 Å². The summed E-state index contributed by atoms with van der Waals surface area (Å²) in [5.41, 5.74) is 0. The van der Waals surface area contributed by atoms with Gasteiger partial charge in [-0.1, -0.05) is 0 Å². The molecule has 0 aliphatic rings. The smallest absolute Gasteiger partial charge is 1.00 e. The molecule has 0 fully saturated rings. The van der Waals surface area contributed by atoms with Crippen LogP contribution in [0.3, 0.4) is 0 Å². The molecule has 0 aromatic rings. The summed E-state index contributed by atoms with van der Waals surface area (Å²) in [6.45, 7) is 0. The van der Waals surface area contributed by atoms with Crippen LogP contribution in [0.25, 0.3) is 0 Å². The van der Waals surface area contributed by atoms with Gasteiger partial charge in [-0.2, -0.15) is 0 Å². The number of rotatable bonds is 0. The maximum Gasteiger partial charge on any atom is 3.00 e. The van der Waals surface area contributed by atoms with E-state index in [0.29, 0.717) is 0 Å². The van der Waals surface area contributed by atoms with Crippen molar-refractivity contribution in [2.45, 2.75) is 0 Å². The van der Waals surface area contributed by atoms with Crippen LogP contribution >= 0.6 is 0 Å². The van der Waals surface area contributed by atoms with Gasteiger partial charge in [0, 0.05) is 0 Å². The van der Waals surface area contributed by atoms with Gasteiger partial charge in [-0.3, -0.25) is 0 Å². The second-order valence-electron chi connectivity index (χ2n) is 0. The van der Waals surface area contributed by atoms with Crippen LogP contribution < -0.4 is 24.8 Å². The molecule has 0 radical (unpaired) electrons. The third-order valence-electron chi connectivity index (χ3n) is 0. The minimum Gasteiger partial charge on any atom is -1.00 e. The molecule has 0 amide bonds. The Kier molecular flexibility index (Phi) is 31000. The summed E-state index contributed by atoms with van der Waals surface area (Å²) in [6, 6.07) is 0. The normalized spacial score (nSPS) is 0. The van der Waals surface area contributed by atoms with Crippen molar-refractivity contribution in [2.75, 3.05) is 0 Å². The largest absolute Gasteiger partial charge is 3.00 e. The fraction of sp³-hybridized carbons (Fsp3) is 0. The molecule has 0 saturated carbocycles. The van der Waals surface area contributed by atoms with E-state index in [4.69, 9.17) is 0 Å². The second kappa shape index (κ2) is 854. The predicted molar refractivity (Wildman–Crippen MR) is 77.0 cm³/mol. The Morgan fingerprint density at radius 2 is 0.154 bits per heavy atom. The maximum absolute atomic E-state index is 0. The quantitative estimate of drug-likeness (QED) is 0.256. The van der Waals surface area contributed by atoms with Crippen LogP contribution in [-0.2, 0) is 0 Å². The SMILES string of the molecule is [Al+3].[Al+3].[Cl-].[Cl-].[Mg+2].[Mg+2].[Mg+2].[Mg+2].[Mg+2].[Mg+2].[OH-].[OH-].[OH-].[OH-].[OH-].[OH-].[OH-].[OH-].[OH-].[OH-].[OH-].[OH-].[OH-].[OH-].[OH-].[OH-]. The van der Waals surface area contributed by atoms with E-state index in [1.807, 2.05) is 0 Å². The van der Waals surface area contributed by atoms with Crippen molar-refractivity contribution in [3.05, 3.63) is 0 Å². The van der Waals surface area contributed by atoms with Gasteiger partial charge in [0.1, 0.15) is 0 Å². The topological polar surface area (TPSA) is 480 Å². The average molecular weight is 543 g/mol. The Bertz CT molecular complexity index is 38.7. The van der Waals surface area contributed by atoms with Crippen molar-refractivity contribution < 1.29 is 112 Å². The molecule has 144 valence electrons. The molecule has 0 heterocycles. The molecule has 26 heteroatoms. The van der Waals surface area contributed by atoms with Crippen molar-refractivity contribution in [3.63, 3.8) is 0 Å². The molecular weight excluding hydrogens is 527 g/mol. The minimum absolute atomic E-state index is 0. The Hall–Kier alpha value is 5.60. The molecule has 16 N–H and O–H groups in total. The van der Waals surface area contributed by atoms with Gasteiger partial charge >= 0.3 is 173 Å². The van der Waals surface area contributed by atoms with Crippen LogP contribution in [0.1, 0.15) is 0 Å². The fourth-order valence-electron chi connectivity index (χ4n) is 0. The zero-order chi connectivity index (χ0) is 0. The number of hydrogen-bond donors (Lipinski definition) is 0.